The molecule has 7 heteroatoms. The SMILES string of the molecule is CCN1CCOC(CNCc2cccnc2/C(N)=N/O)C1. The van der Waals surface area contributed by atoms with Crippen molar-refractivity contribution in [3.8, 4) is 0 Å². The lowest BCUT2D eigenvalue weighted by atomic mass is 10.1. The van der Waals surface area contributed by atoms with Crippen LogP contribution in [0.15, 0.2) is 23.5 Å². The Morgan fingerprint density at radius 3 is 3.29 bits per heavy atom. The molecule has 1 saturated heterocycles. The number of ether oxygens (including phenoxy) is 1. The first-order valence-corrected chi connectivity index (χ1v) is 7.21. The number of oxime groups is 1. The smallest absolute Gasteiger partial charge is 0.189 e. The Morgan fingerprint density at radius 2 is 2.52 bits per heavy atom. The van der Waals surface area contributed by atoms with Crippen molar-refractivity contribution in [1.82, 2.24) is 15.2 Å². The summed E-state index contributed by atoms with van der Waals surface area (Å²) in [6.45, 7) is 7.31. The molecule has 0 aliphatic carbocycles. The van der Waals surface area contributed by atoms with E-state index in [0.717, 1.165) is 38.3 Å². The topological polar surface area (TPSA) is 96.0 Å². The number of hydrogen-bond donors (Lipinski definition) is 3. The van der Waals surface area contributed by atoms with Gasteiger partial charge in [-0.2, -0.15) is 0 Å². The van der Waals surface area contributed by atoms with Gasteiger partial charge in [-0.15, -0.1) is 0 Å². The van der Waals surface area contributed by atoms with E-state index in [1.54, 1.807) is 6.20 Å². The molecule has 1 aromatic rings. The summed E-state index contributed by atoms with van der Waals surface area (Å²) < 4.78 is 5.74. The van der Waals surface area contributed by atoms with Crippen LogP contribution in [0.25, 0.3) is 0 Å². The van der Waals surface area contributed by atoms with Crippen molar-refractivity contribution in [3.05, 3.63) is 29.6 Å². The van der Waals surface area contributed by atoms with Crippen molar-refractivity contribution >= 4 is 5.84 Å². The van der Waals surface area contributed by atoms with Crippen LogP contribution in [-0.4, -0.2) is 59.8 Å². The van der Waals surface area contributed by atoms with Gasteiger partial charge in [0, 0.05) is 32.4 Å². The summed E-state index contributed by atoms with van der Waals surface area (Å²) in [5.41, 5.74) is 7.03. The molecule has 21 heavy (non-hydrogen) atoms. The summed E-state index contributed by atoms with van der Waals surface area (Å²) in [7, 11) is 0. The molecule has 1 fully saturated rings. The first-order chi connectivity index (χ1) is 10.2. The highest BCUT2D eigenvalue weighted by Crippen LogP contribution is 2.07. The highest BCUT2D eigenvalue weighted by Gasteiger charge is 2.18. The number of amidine groups is 1. The zero-order valence-electron chi connectivity index (χ0n) is 12.3. The van der Waals surface area contributed by atoms with Crippen LogP contribution in [0.1, 0.15) is 18.2 Å². The molecule has 2 rings (SSSR count). The van der Waals surface area contributed by atoms with Crippen LogP contribution in [0.4, 0.5) is 0 Å². The lowest BCUT2D eigenvalue weighted by Crippen LogP contribution is -2.46. The maximum atomic E-state index is 8.78. The summed E-state index contributed by atoms with van der Waals surface area (Å²) in [6, 6.07) is 3.74. The molecule has 0 radical (unpaired) electrons. The molecule has 2 heterocycles. The first-order valence-electron chi connectivity index (χ1n) is 7.21. The van der Waals surface area contributed by atoms with E-state index in [-0.39, 0.29) is 11.9 Å². The molecular weight excluding hydrogens is 270 g/mol. The van der Waals surface area contributed by atoms with E-state index >= 15 is 0 Å². The molecule has 1 aliphatic rings. The zero-order valence-corrected chi connectivity index (χ0v) is 12.3. The molecule has 4 N–H and O–H groups in total. The summed E-state index contributed by atoms with van der Waals surface area (Å²) in [6.07, 6.45) is 1.82. The molecule has 1 unspecified atom stereocenters. The van der Waals surface area contributed by atoms with Crippen molar-refractivity contribution in [2.75, 3.05) is 32.8 Å². The maximum absolute atomic E-state index is 8.78. The molecular formula is C14H23N5O2. The average Bonchev–Trinajstić information content (AvgIpc) is 2.55. The Morgan fingerprint density at radius 1 is 1.67 bits per heavy atom. The number of rotatable bonds is 6. The first kappa shape index (κ1) is 15.7. The second-order valence-electron chi connectivity index (χ2n) is 5.01. The number of nitrogens with one attached hydrogen (secondary N) is 1. The minimum atomic E-state index is 0.0264. The van der Waals surface area contributed by atoms with Gasteiger partial charge in [-0.05, 0) is 18.2 Å². The van der Waals surface area contributed by atoms with Crippen LogP contribution in [0.2, 0.25) is 0 Å². The predicted octanol–water partition coefficient (Wildman–Crippen LogP) is -0.0136. The summed E-state index contributed by atoms with van der Waals surface area (Å²) in [4.78, 5) is 6.52. The number of nitrogens with zero attached hydrogens (tertiary/aromatic N) is 3. The van der Waals surface area contributed by atoms with Gasteiger partial charge in [-0.1, -0.05) is 18.1 Å². The summed E-state index contributed by atoms with van der Waals surface area (Å²) >= 11 is 0. The molecule has 1 aromatic heterocycles. The Balaban J connectivity index is 1.86. The zero-order chi connectivity index (χ0) is 15.1. The van der Waals surface area contributed by atoms with Crippen LogP contribution in [0.3, 0.4) is 0 Å². The van der Waals surface area contributed by atoms with Gasteiger partial charge in [0.2, 0.25) is 0 Å². The number of nitrogens with two attached hydrogens (primary N) is 1. The van der Waals surface area contributed by atoms with Gasteiger partial charge >= 0.3 is 0 Å². The second-order valence-corrected chi connectivity index (χ2v) is 5.01. The number of hydrogen-bond acceptors (Lipinski definition) is 6. The molecule has 0 aromatic carbocycles. The predicted molar refractivity (Wildman–Crippen MR) is 80.3 cm³/mol. The Bertz CT molecular complexity index is 480. The second kappa shape index (κ2) is 7.92. The molecule has 7 nitrogen and oxygen atoms in total. The third-order valence-electron chi connectivity index (χ3n) is 3.60. The highest BCUT2D eigenvalue weighted by molar-refractivity contribution is 5.96. The highest BCUT2D eigenvalue weighted by atomic mass is 16.5. The van der Waals surface area contributed by atoms with Crippen LogP contribution < -0.4 is 11.1 Å². The number of aromatic nitrogens is 1. The van der Waals surface area contributed by atoms with Crippen LogP contribution in [0.5, 0.6) is 0 Å². The average molecular weight is 293 g/mol. The fourth-order valence-corrected chi connectivity index (χ4v) is 2.42. The van der Waals surface area contributed by atoms with E-state index in [1.165, 1.54) is 0 Å². The molecule has 1 atom stereocenters. The Labute approximate surface area is 124 Å². The lowest BCUT2D eigenvalue weighted by molar-refractivity contribution is -0.0253. The van der Waals surface area contributed by atoms with Crippen molar-refractivity contribution in [2.24, 2.45) is 10.9 Å². The van der Waals surface area contributed by atoms with E-state index in [1.807, 2.05) is 12.1 Å². The Kier molecular flexibility index (Phi) is 5.91. The molecule has 0 bridgehead atoms. The largest absolute Gasteiger partial charge is 0.409 e. The van der Waals surface area contributed by atoms with E-state index < -0.39 is 0 Å². The monoisotopic (exact) mass is 293 g/mol. The number of likely N-dealkylation sites (N-methyl/N-ethyl adjacent to an activating group) is 1. The summed E-state index contributed by atoms with van der Waals surface area (Å²) in [5.74, 6) is 0.0264. The standard InChI is InChI=1S/C14H23N5O2/c1-2-19-6-7-21-12(10-19)9-16-8-11-4-3-5-17-13(11)14(15)18-20/h3-5,12,16,20H,2,6-10H2,1H3,(H2,15,18). The third-order valence-corrected chi connectivity index (χ3v) is 3.60. The fourth-order valence-electron chi connectivity index (χ4n) is 2.42. The van der Waals surface area contributed by atoms with E-state index in [4.69, 9.17) is 15.7 Å². The van der Waals surface area contributed by atoms with Gasteiger partial charge < -0.3 is 21.0 Å². The minimum absolute atomic E-state index is 0.0264. The van der Waals surface area contributed by atoms with Gasteiger partial charge in [0.15, 0.2) is 5.84 Å². The van der Waals surface area contributed by atoms with E-state index in [9.17, 15) is 0 Å². The van der Waals surface area contributed by atoms with Crippen LogP contribution in [0, 0.1) is 0 Å². The van der Waals surface area contributed by atoms with Crippen molar-refractivity contribution in [3.63, 3.8) is 0 Å². The van der Waals surface area contributed by atoms with Crippen molar-refractivity contribution in [2.45, 2.75) is 19.6 Å². The molecule has 116 valence electrons. The maximum Gasteiger partial charge on any atom is 0.189 e. The number of pyridine rings is 1. The van der Waals surface area contributed by atoms with Crippen molar-refractivity contribution in [1.29, 1.82) is 0 Å². The molecule has 0 amide bonds. The molecule has 1 aliphatic heterocycles. The van der Waals surface area contributed by atoms with Crippen LogP contribution >= 0.6 is 0 Å². The van der Waals surface area contributed by atoms with Crippen molar-refractivity contribution < 1.29 is 9.94 Å². The third kappa shape index (κ3) is 4.38. The quantitative estimate of drug-likeness (QED) is 0.295. The van der Waals surface area contributed by atoms with E-state index in [2.05, 4.69) is 27.3 Å². The van der Waals surface area contributed by atoms with Gasteiger partial charge in [0.05, 0.1) is 12.7 Å². The van der Waals surface area contributed by atoms with Gasteiger partial charge in [0.25, 0.3) is 0 Å². The lowest BCUT2D eigenvalue weighted by Gasteiger charge is -2.32. The fraction of sp³-hybridized carbons (Fsp3) is 0.571. The normalized spacial score (nSPS) is 20.6. The number of morpholine rings is 1. The summed E-state index contributed by atoms with van der Waals surface area (Å²) in [5, 5.41) is 15.1. The van der Waals surface area contributed by atoms with Gasteiger partial charge in [0.1, 0.15) is 5.69 Å². The van der Waals surface area contributed by atoms with Gasteiger partial charge in [-0.3, -0.25) is 9.88 Å². The van der Waals surface area contributed by atoms with Crippen LogP contribution in [-0.2, 0) is 11.3 Å². The minimum Gasteiger partial charge on any atom is -0.409 e. The van der Waals surface area contributed by atoms with E-state index in [0.29, 0.717) is 12.2 Å². The van der Waals surface area contributed by atoms with Gasteiger partial charge in [-0.25, -0.2) is 0 Å². The Hall–Kier alpha value is -1.70. The molecule has 0 spiro atoms. The molecule has 0 saturated carbocycles.